The molecule has 0 aliphatic rings. The van der Waals surface area contributed by atoms with Gasteiger partial charge in [0, 0.05) is 4.91 Å². The van der Waals surface area contributed by atoms with Crippen LogP contribution in [0.1, 0.15) is 6.92 Å². The molecule has 0 nitrogen and oxygen atoms in total. The molecule has 0 amide bonds. The van der Waals surface area contributed by atoms with E-state index >= 15 is 0 Å². The van der Waals surface area contributed by atoms with Gasteiger partial charge in [-0.15, -0.1) is 0 Å². The molecule has 9 heavy (non-hydrogen) atoms. The van der Waals surface area contributed by atoms with Crippen molar-refractivity contribution in [2.75, 3.05) is 0 Å². The molecule has 0 saturated carbocycles. The van der Waals surface area contributed by atoms with Crippen LogP contribution in [0.25, 0.3) is 0 Å². The third-order valence-electron chi connectivity index (χ3n) is 0.595. The highest BCUT2D eigenvalue weighted by atomic mass is 32.2. The lowest BCUT2D eigenvalue weighted by Crippen LogP contribution is -1.63. The zero-order chi connectivity index (χ0) is 7.28. The highest BCUT2D eigenvalue weighted by Gasteiger charge is 1.86. The molecule has 0 aromatic carbocycles. The Labute approximate surface area is 59.1 Å². The van der Waals surface area contributed by atoms with Gasteiger partial charge in [-0.05, 0) is 18.4 Å². The number of hydrogen-bond acceptors (Lipinski definition) is 1. The largest absolute Gasteiger partial charge is 0.212 e. The van der Waals surface area contributed by atoms with Crippen LogP contribution >= 0.6 is 11.8 Å². The number of rotatable bonds is 3. The first-order chi connectivity index (χ1) is 4.16. The molecule has 0 spiro atoms. The number of thioether (sulfide) groups is 1. The van der Waals surface area contributed by atoms with E-state index in [0.717, 1.165) is 0 Å². The Morgan fingerprint density at radius 3 is 2.56 bits per heavy atom. The Kier molecular flexibility index (Phi) is 4.14. The highest BCUT2D eigenvalue weighted by molar-refractivity contribution is 8.05. The summed E-state index contributed by atoms with van der Waals surface area (Å²) in [6, 6.07) is 0. The minimum atomic E-state index is -0.227. The molecular weight excluding hydrogens is 135 g/mol. The molecule has 0 heterocycles. The second kappa shape index (κ2) is 4.39. The molecule has 0 bridgehead atoms. The van der Waals surface area contributed by atoms with Crippen molar-refractivity contribution in [1.82, 2.24) is 0 Å². The SMILES string of the molecule is C=CSC(=C)/C=C(\C)F. The zero-order valence-corrected chi connectivity index (χ0v) is 6.17. The molecule has 0 rings (SSSR count). The van der Waals surface area contributed by atoms with Crippen molar-refractivity contribution >= 4 is 11.8 Å². The zero-order valence-electron chi connectivity index (χ0n) is 5.36. The quantitative estimate of drug-likeness (QED) is 0.548. The van der Waals surface area contributed by atoms with Crippen molar-refractivity contribution in [1.29, 1.82) is 0 Å². The first-order valence-electron chi connectivity index (χ1n) is 2.47. The molecule has 0 fully saturated rings. The van der Waals surface area contributed by atoms with Crippen LogP contribution in [-0.4, -0.2) is 0 Å². The summed E-state index contributed by atoms with van der Waals surface area (Å²) in [7, 11) is 0. The summed E-state index contributed by atoms with van der Waals surface area (Å²) in [5.74, 6) is -0.227. The van der Waals surface area contributed by atoms with E-state index in [4.69, 9.17) is 0 Å². The van der Waals surface area contributed by atoms with Gasteiger partial charge in [0.1, 0.15) is 0 Å². The van der Waals surface area contributed by atoms with Crippen LogP contribution in [0.5, 0.6) is 0 Å². The summed E-state index contributed by atoms with van der Waals surface area (Å²) in [4.78, 5) is 0.671. The molecule has 0 aliphatic heterocycles. The van der Waals surface area contributed by atoms with Crippen LogP contribution in [0.3, 0.4) is 0 Å². The molecule has 0 aromatic rings. The Balaban J connectivity index is 3.76. The fraction of sp³-hybridized carbons (Fsp3) is 0.143. The summed E-state index contributed by atoms with van der Waals surface area (Å²) < 4.78 is 12.0. The van der Waals surface area contributed by atoms with Crippen LogP contribution in [0.15, 0.2) is 35.4 Å². The van der Waals surface area contributed by atoms with E-state index in [9.17, 15) is 4.39 Å². The molecule has 0 radical (unpaired) electrons. The highest BCUT2D eigenvalue weighted by Crippen LogP contribution is 2.16. The predicted molar refractivity (Wildman–Crippen MR) is 41.8 cm³/mol. The second-order valence-corrected chi connectivity index (χ2v) is 2.58. The van der Waals surface area contributed by atoms with E-state index < -0.39 is 0 Å². The topological polar surface area (TPSA) is 0 Å². The first kappa shape index (κ1) is 8.50. The Morgan fingerprint density at radius 1 is 1.67 bits per heavy atom. The summed E-state index contributed by atoms with van der Waals surface area (Å²) >= 11 is 1.31. The predicted octanol–water partition coefficient (Wildman–Crippen LogP) is 3.25. The van der Waals surface area contributed by atoms with E-state index in [1.54, 1.807) is 5.41 Å². The lowest BCUT2D eigenvalue weighted by molar-refractivity contribution is 0.640. The number of halogens is 1. The van der Waals surface area contributed by atoms with Crippen LogP contribution in [0.2, 0.25) is 0 Å². The fourth-order valence-electron chi connectivity index (χ4n) is 0.363. The maximum atomic E-state index is 12.0. The molecule has 0 atom stereocenters. The van der Waals surface area contributed by atoms with Gasteiger partial charge >= 0.3 is 0 Å². The van der Waals surface area contributed by atoms with Crippen molar-refractivity contribution in [3.63, 3.8) is 0 Å². The Bertz CT molecular complexity index is 143. The van der Waals surface area contributed by atoms with E-state index in [-0.39, 0.29) is 5.83 Å². The summed E-state index contributed by atoms with van der Waals surface area (Å²) in [6.45, 7) is 8.40. The average Bonchev–Trinajstić information content (AvgIpc) is 1.63. The van der Waals surface area contributed by atoms with Crippen molar-refractivity contribution in [2.24, 2.45) is 0 Å². The number of hydrogen-bond donors (Lipinski definition) is 0. The van der Waals surface area contributed by atoms with Crippen LogP contribution in [-0.2, 0) is 0 Å². The molecule has 0 saturated heterocycles. The van der Waals surface area contributed by atoms with Crippen LogP contribution in [0.4, 0.5) is 4.39 Å². The molecule has 0 aliphatic carbocycles. The van der Waals surface area contributed by atoms with E-state index in [0.29, 0.717) is 4.91 Å². The first-order valence-corrected chi connectivity index (χ1v) is 3.35. The summed E-state index contributed by atoms with van der Waals surface area (Å²) in [5, 5.41) is 1.61. The molecule has 50 valence electrons. The third kappa shape index (κ3) is 5.37. The molecule has 0 N–H and O–H groups in total. The molecule has 0 aromatic heterocycles. The van der Waals surface area contributed by atoms with E-state index in [2.05, 4.69) is 13.2 Å². The summed E-state index contributed by atoms with van der Waals surface area (Å²) in [5.41, 5.74) is 0. The lowest BCUT2D eigenvalue weighted by Gasteiger charge is -1.89. The minimum absolute atomic E-state index is 0.227. The number of allylic oxidation sites excluding steroid dienone is 2. The van der Waals surface area contributed by atoms with Gasteiger partial charge in [0.05, 0.1) is 5.83 Å². The van der Waals surface area contributed by atoms with Crippen LogP contribution in [0, 0.1) is 0 Å². The Hall–Kier alpha value is -0.500. The standard InChI is InChI=1S/C7H9FS/c1-4-9-7(3)5-6(2)8/h4-5H,1,3H2,2H3/b6-5+. The van der Waals surface area contributed by atoms with Crippen molar-refractivity contribution < 1.29 is 4.39 Å². The van der Waals surface area contributed by atoms with E-state index in [1.165, 1.54) is 24.8 Å². The maximum Gasteiger partial charge on any atom is 0.0979 e. The minimum Gasteiger partial charge on any atom is -0.212 e. The van der Waals surface area contributed by atoms with Gasteiger partial charge in [0.2, 0.25) is 0 Å². The van der Waals surface area contributed by atoms with Gasteiger partial charge in [-0.3, -0.25) is 0 Å². The van der Waals surface area contributed by atoms with Gasteiger partial charge in [-0.25, -0.2) is 4.39 Å². The average molecular weight is 144 g/mol. The monoisotopic (exact) mass is 144 g/mol. The smallest absolute Gasteiger partial charge is 0.0979 e. The van der Waals surface area contributed by atoms with Gasteiger partial charge in [-0.2, -0.15) is 0 Å². The van der Waals surface area contributed by atoms with Crippen LogP contribution < -0.4 is 0 Å². The fourth-order valence-corrected chi connectivity index (χ4v) is 0.807. The maximum absolute atomic E-state index is 12.0. The second-order valence-electron chi connectivity index (χ2n) is 1.48. The van der Waals surface area contributed by atoms with Gasteiger partial charge in [0.25, 0.3) is 0 Å². The molecular formula is C7H9FS. The molecule has 2 heteroatoms. The van der Waals surface area contributed by atoms with Gasteiger partial charge < -0.3 is 0 Å². The Morgan fingerprint density at radius 2 is 2.22 bits per heavy atom. The van der Waals surface area contributed by atoms with Crippen molar-refractivity contribution in [3.05, 3.63) is 35.4 Å². The van der Waals surface area contributed by atoms with E-state index in [1.807, 2.05) is 0 Å². The van der Waals surface area contributed by atoms with Gasteiger partial charge in [0.15, 0.2) is 0 Å². The lowest BCUT2D eigenvalue weighted by atomic mass is 10.5. The third-order valence-corrected chi connectivity index (χ3v) is 1.18. The van der Waals surface area contributed by atoms with Crippen molar-refractivity contribution in [3.8, 4) is 0 Å². The van der Waals surface area contributed by atoms with Crippen molar-refractivity contribution in [2.45, 2.75) is 6.92 Å². The molecule has 0 unspecified atom stereocenters. The normalized spacial score (nSPS) is 11.1. The summed E-state index contributed by atoms with van der Waals surface area (Å²) in [6.07, 6.45) is 1.37. The van der Waals surface area contributed by atoms with Gasteiger partial charge in [-0.1, -0.05) is 24.9 Å².